The minimum Gasteiger partial charge on any atom is -0.478 e. The molecule has 1 heterocycles. The molecule has 4 nitrogen and oxygen atoms in total. The van der Waals surface area contributed by atoms with E-state index >= 15 is 0 Å². The zero-order valence-electron chi connectivity index (χ0n) is 16.5. The fourth-order valence-corrected chi connectivity index (χ4v) is 3.82. The van der Waals surface area contributed by atoms with Gasteiger partial charge in [-0.05, 0) is 50.1 Å². The van der Waals surface area contributed by atoms with Crippen LogP contribution in [-0.4, -0.2) is 22.2 Å². The van der Waals surface area contributed by atoms with Gasteiger partial charge in [-0.2, -0.15) is 0 Å². The van der Waals surface area contributed by atoms with Crippen molar-refractivity contribution in [2.45, 2.75) is 33.4 Å². The molecule has 2 N–H and O–H groups in total. The lowest BCUT2D eigenvalue weighted by atomic mass is 10.1. The monoisotopic (exact) mass is 414 g/mol. The van der Waals surface area contributed by atoms with E-state index in [4.69, 9.17) is 11.6 Å². The Kier molecular flexibility index (Phi) is 6.72. The number of hydrogen-bond acceptors (Lipinski definition) is 2. The molecule has 152 valence electrons. The molecule has 3 aromatic rings. The summed E-state index contributed by atoms with van der Waals surface area (Å²) in [5, 5.41) is 13.4. The number of aromatic carboxylic acids is 1. The van der Waals surface area contributed by atoms with E-state index < -0.39 is 11.8 Å². The Bertz CT molecular complexity index is 1020. The van der Waals surface area contributed by atoms with Crippen molar-refractivity contribution in [1.29, 1.82) is 0 Å². The number of aromatic nitrogens is 1. The summed E-state index contributed by atoms with van der Waals surface area (Å²) in [5.41, 5.74) is 4.58. The van der Waals surface area contributed by atoms with Crippen LogP contribution in [0.1, 0.15) is 38.4 Å². The number of halogens is 2. The quantitative estimate of drug-likeness (QED) is 0.511. The maximum Gasteiger partial charge on any atom is 0.337 e. The Morgan fingerprint density at radius 2 is 1.86 bits per heavy atom. The summed E-state index contributed by atoms with van der Waals surface area (Å²) in [6.45, 7) is 5.30. The molecular formula is C23H24ClFN2O2. The number of carbonyl (C=O) groups is 1. The van der Waals surface area contributed by atoms with Crippen molar-refractivity contribution in [2.75, 3.05) is 6.54 Å². The number of benzene rings is 2. The van der Waals surface area contributed by atoms with Gasteiger partial charge in [-0.1, -0.05) is 48.0 Å². The van der Waals surface area contributed by atoms with E-state index in [-0.39, 0.29) is 0 Å². The van der Waals surface area contributed by atoms with Gasteiger partial charge in [0.05, 0.1) is 5.56 Å². The number of rotatable bonds is 8. The molecule has 0 aliphatic rings. The highest BCUT2D eigenvalue weighted by Crippen LogP contribution is 2.26. The lowest BCUT2D eigenvalue weighted by Crippen LogP contribution is -2.18. The average molecular weight is 415 g/mol. The molecule has 2 aromatic carbocycles. The van der Waals surface area contributed by atoms with Gasteiger partial charge in [0.15, 0.2) is 0 Å². The maximum absolute atomic E-state index is 13.3. The molecule has 1 aromatic heterocycles. The third-order valence-corrected chi connectivity index (χ3v) is 5.55. The summed E-state index contributed by atoms with van der Waals surface area (Å²) in [6, 6.07) is 14.4. The number of nitrogens with zero attached hydrogens (tertiary/aromatic N) is 1. The van der Waals surface area contributed by atoms with Crippen LogP contribution in [0, 0.1) is 19.7 Å². The second kappa shape index (κ2) is 9.25. The van der Waals surface area contributed by atoms with E-state index in [0.29, 0.717) is 29.4 Å². The van der Waals surface area contributed by atoms with Crippen molar-refractivity contribution in [2.24, 2.45) is 0 Å². The number of carboxylic acids is 1. The number of hydrogen-bond donors (Lipinski definition) is 2. The van der Waals surface area contributed by atoms with Crippen molar-refractivity contribution in [3.05, 3.63) is 93.0 Å². The highest BCUT2D eigenvalue weighted by molar-refractivity contribution is 6.31. The minimum atomic E-state index is -0.950. The highest BCUT2D eigenvalue weighted by atomic mass is 35.5. The van der Waals surface area contributed by atoms with E-state index in [2.05, 4.69) is 17.4 Å². The van der Waals surface area contributed by atoms with Crippen molar-refractivity contribution >= 4 is 17.6 Å². The number of nitrogens with one attached hydrogen (secondary N) is 1. The van der Waals surface area contributed by atoms with Crippen LogP contribution in [0.3, 0.4) is 0 Å². The Balaban J connectivity index is 1.79. The molecule has 3 rings (SSSR count). The second-order valence-electron chi connectivity index (χ2n) is 7.06. The molecule has 0 radical (unpaired) electrons. The third kappa shape index (κ3) is 4.86. The van der Waals surface area contributed by atoms with E-state index in [9.17, 15) is 14.3 Å². The molecule has 0 aliphatic carbocycles. The van der Waals surface area contributed by atoms with Gasteiger partial charge < -0.3 is 15.0 Å². The van der Waals surface area contributed by atoms with Gasteiger partial charge in [-0.25, -0.2) is 9.18 Å². The topological polar surface area (TPSA) is 54.3 Å². The average Bonchev–Trinajstić information content (AvgIpc) is 2.92. The zero-order chi connectivity index (χ0) is 21.0. The van der Waals surface area contributed by atoms with E-state index in [1.807, 2.05) is 29.7 Å². The second-order valence-corrected chi connectivity index (χ2v) is 7.47. The molecule has 6 heteroatoms. The Morgan fingerprint density at radius 3 is 2.52 bits per heavy atom. The molecule has 0 atom stereocenters. The summed E-state index contributed by atoms with van der Waals surface area (Å²) in [6.07, 6.45) is 0.868. The van der Waals surface area contributed by atoms with E-state index in [1.165, 1.54) is 17.7 Å². The van der Waals surface area contributed by atoms with E-state index in [0.717, 1.165) is 29.8 Å². The van der Waals surface area contributed by atoms with Crippen LogP contribution in [0.4, 0.5) is 4.39 Å². The summed E-state index contributed by atoms with van der Waals surface area (Å²) in [4.78, 5) is 11.9. The molecule has 0 bridgehead atoms. The van der Waals surface area contributed by atoms with Crippen LogP contribution in [0.25, 0.3) is 0 Å². The van der Waals surface area contributed by atoms with Crippen LogP contribution in [0.5, 0.6) is 0 Å². The van der Waals surface area contributed by atoms with Crippen molar-refractivity contribution in [1.82, 2.24) is 9.88 Å². The first-order valence-electron chi connectivity index (χ1n) is 9.49. The molecule has 0 unspecified atom stereocenters. The van der Waals surface area contributed by atoms with Gasteiger partial charge in [0, 0.05) is 35.1 Å². The summed E-state index contributed by atoms with van der Waals surface area (Å²) >= 11 is 6.17. The van der Waals surface area contributed by atoms with Crippen LogP contribution >= 0.6 is 11.6 Å². The summed E-state index contributed by atoms with van der Waals surface area (Å²) in [7, 11) is 0. The van der Waals surface area contributed by atoms with Crippen molar-refractivity contribution in [3.63, 3.8) is 0 Å². The zero-order valence-corrected chi connectivity index (χ0v) is 17.3. The first-order chi connectivity index (χ1) is 13.9. The van der Waals surface area contributed by atoms with Crippen molar-refractivity contribution in [3.8, 4) is 0 Å². The molecule has 0 spiro atoms. The van der Waals surface area contributed by atoms with Crippen molar-refractivity contribution < 1.29 is 14.3 Å². The fourth-order valence-electron chi connectivity index (χ4n) is 3.60. The van der Waals surface area contributed by atoms with Crippen LogP contribution in [0.2, 0.25) is 5.02 Å². The molecule has 0 aliphatic heterocycles. The maximum atomic E-state index is 13.3. The first kappa shape index (κ1) is 21.1. The van der Waals surface area contributed by atoms with Crippen LogP contribution in [-0.2, 0) is 19.5 Å². The summed E-state index contributed by atoms with van der Waals surface area (Å²) in [5.74, 6) is -1.34. The first-order valence-corrected chi connectivity index (χ1v) is 9.86. The Hall–Kier alpha value is -2.63. The Morgan fingerprint density at radius 1 is 1.14 bits per heavy atom. The van der Waals surface area contributed by atoms with Gasteiger partial charge in [0.2, 0.25) is 0 Å². The van der Waals surface area contributed by atoms with Crippen LogP contribution in [0.15, 0.2) is 48.5 Å². The normalized spacial score (nSPS) is 11.0. The third-order valence-electron chi connectivity index (χ3n) is 5.20. The molecular weight excluding hydrogens is 391 g/mol. The molecule has 29 heavy (non-hydrogen) atoms. The molecule has 0 saturated carbocycles. The molecule has 0 saturated heterocycles. The molecule has 0 amide bonds. The number of carboxylic acid groups (broad SMARTS) is 1. The van der Waals surface area contributed by atoms with Gasteiger partial charge >= 0.3 is 5.97 Å². The smallest absolute Gasteiger partial charge is 0.337 e. The predicted octanol–water partition coefficient (Wildman–Crippen LogP) is 4.98. The van der Waals surface area contributed by atoms with E-state index in [1.54, 1.807) is 13.0 Å². The minimum absolute atomic E-state index is 0.313. The van der Waals surface area contributed by atoms with Crippen LogP contribution < -0.4 is 5.32 Å². The van der Waals surface area contributed by atoms with Gasteiger partial charge in [-0.3, -0.25) is 0 Å². The van der Waals surface area contributed by atoms with Gasteiger partial charge in [0.25, 0.3) is 0 Å². The SMILES string of the molecule is Cc1c(CNCCc2ccccc2)c(C(=O)O)c(C)n1Cc1ccc(F)cc1Cl. The predicted molar refractivity (Wildman–Crippen MR) is 113 cm³/mol. The van der Waals surface area contributed by atoms with Gasteiger partial charge in [-0.15, -0.1) is 0 Å². The highest BCUT2D eigenvalue weighted by Gasteiger charge is 2.22. The van der Waals surface area contributed by atoms with Gasteiger partial charge in [0.1, 0.15) is 5.82 Å². The fraction of sp³-hybridized carbons (Fsp3) is 0.261. The largest absolute Gasteiger partial charge is 0.478 e. The Labute approximate surface area is 174 Å². The lowest BCUT2D eigenvalue weighted by molar-refractivity contribution is 0.0694. The summed E-state index contributed by atoms with van der Waals surface area (Å²) < 4.78 is 15.3. The molecule has 0 fully saturated rings. The lowest BCUT2D eigenvalue weighted by Gasteiger charge is -2.12. The standard InChI is InChI=1S/C23H24ClFN2O2/c1-15-20(13-26-11-10-17-6-4-3-5-7-17)22(23(28)29)16(2)27(15)14-18-8-9-19(25)12-21(18)24/h3-9,12,26H,10-11,13-14H2,1-2H3,(H,28,29).